The van der Waals surface area contributed by atoms with Gasteiger partial charge in [-0.15, -0.1) is 0 Å². The molecular weight excluding hydrogens is 171 g/mol. The van der Waals surface area contributed by atoms with E-state index in [0.29, 0.717) is 25.2 Å². The molecule has 1 aromatic rings. The van der Waals surface area contributed by atoms with Gasteiger partial charge in [0, 0.05) is 25.2 Å². The molecule has 0 spiro atoms. The highest BCUT2D eigenvalue weighted by atomic mass is 19.1. The van der Waals surface area contributed by atoms with Crippen molar-refractivity contribution in [3.05, 3.63) is 29.6 Å². The number of benzene rings is 1. The number of nitrogens with one attached hydrogen (secondary N) is 1. The monoisotopic (exact) mass is 184 g/mol. The maximum Gasteiger partial charge on any atom is 0.165 e. The number of phenolic OH excluding ortho intramolecular Hbond substituents is 1. The van der Waals surface area contributed by atoms with Gasteiger partial charge in [-0.05, 0) is 6.07 Å². The van der Waals surface area contributed by atoms with Crippen LogP contribution in [0.25, 0.3) is 0 Å². The maximum absolute atomic E-state index is 12.8. The van der Waals surface area contributed by atoms with Crippen molar-refractivity contribution in [2.24, 2.45) is 5.73 Å². The van der Waals surface area contributed by atoms with Gasteiger partial charge in [0.1, 0.15) is 0 Å². The minimum Gasteiger partial charge on any atom is -0.505 e. The summed E-state index contributed by atoms with van der Waals surface area (Å²) < 4.78 is 12.8. The summed E-state index contributed by atoms with van der Waals surface area (Å²) in [6.45, 7) is 1.60. The molecule has 0 fully saturated rings. The van der Waals surface area contributed by atoms with Gasteiger partial charge >= 0.3 is 0 Å². The Kier molecular flexibility index (Phi) is 3.67. The normalized spacial score (nSPS) is 10.3. The number of aromatic hydroxyl groups is 1. The van der Waals surface area contributed by atoms with Gasteiger partial charge in [0.15, 0.2) is 11.6 Å². The lowest BCUT2D eigenvalue weighted by Gasteiger charge is -2.05. The molecule has 3 nitrogen and oxygen atoms in total. The third kappa shape index (κ3) is 2.68. The number of hydrogen-bond acceptors (Lipinski definition) is 3. The van der Waals surface area contributed by atoms with Gasteiger partial charge in [0.25, 0.3) is 0 Å². The molecule has 0 saturated carbocycles. The second-order valence-electron chi connectivity index (χ2n) is 2.71. The number of hydrogen-bond donors (Lipinski definition) is 3. The lowest BCUT2D eigenvalue weighted by atomic mass is 10.2. The zero-order chi connectivity index (χ0) is 9.68. The highest BCUT2D eigenvalue weighted by molar-refractivity contribution is 5.33. The van der Waals surface area contributed by atoms with E-state index < -0.39 is 5.82 Å². The van der Waals surface area contributed by atoms with Crippen molar-refractivity contribution in [3.8, 4) is 5.75 Å². The van der Waals surface area contributed by atoms with Crippen molar-refractivity contribution >= 4 is 0 Å². The van der Waals surface area contributed by atoms with Crippen molar-refractivity contribution in [1.82, 2.24) is 5.32 Å². The number of halogens is 1. The summed E-state index contributed by atoms with van der Waals surface area (Å²) in [7, 11) is 0. The fourth-order valence-corrected chi connectivity index (χ4v) is 1.03. The van der Waals surface area contributed by atoms with E-state index in [-0.39, 0.29) is 5.75 Å². The number of rotatable bonds is 4. The van der Waals surface area contributed by atoms with Crippen LogP contribution in [0.1, 0.15) is 5.56 Å². The van der Waals surface area contributed by atoms with Gasteiger partial charge in [-0.1, -0.05) is 12.1 Å². The van der Waals surface area contributed by atoms with Crippen LogP contribution < -0.4 is 11.1 Å². The average molecular weight is 184 g/mol. The summed E-state index contributed by atoms with van der Waals surface area (Å²) in [5.74, 6) is -0.876. The molecule has 0 aliphatic rings. The molecule has 0 bridgehead atoms. The molecular formula is C9H13FN2O. The first-order valence-electron chi connectivity index (χ1n) is 4.13. The summed E-state index contributed by atoms with van der Waals surface area (Å²) in [4.78, 5) is 0. The van der Waals surface area contributed by atoms with Gasteiger partial charge in [-0.2, -0.15) is 0 Å². The second kappa shape index (κ2) is 4.79. The van der Waals surface area contributed by atoms with Crippen molar-refractivity contribution in [1.29, 1.82) is 0 Å². The first kappa shape index (κ1) is 9.95. The van der Waals surface area contributed by atoms with E-state index in [0.717, 1.165) is 0 Å². The topological polar surface area (TPSA) is 58.3 Å². The Morgan fingerprint density at radius 1 is 1.46 bits per heavy atom. The smallest absolute Gasteiger partial charge is 0.165 e. The Balaban J connectivity index is 2.61. The molecule has 0 unspecified atom stereocenters. The summed E-state index contributed by atoms with van der Waals surface area (Å²) >= 11 is 0. The van der Waals surface area contributed by atoms with Gasteiger partial charge in [-0.25, -0.2) is 4.39 Å². The van der Waals surface area contributed by atoms with Crippen molar-refractivity contribution < 1.29 is 9.50 Å². The van der Waals surface area contributed by atoms with Crippen molar-refractivity contribution in [2.45, 2.75) is 6.54 Å². The molecule has 0 amide bonds. The first-order chi connectivity index (χ1) is 6.25. The van der Waals surface area contributed by atoms with Crippen LogP contribution in [0.4, 0.5) is 4.39 Å². The van der Waals surface area contributed by atoms with Gasteiger partial charge in [0.05, 0.1) is 0 Å². The molecule has 0 aromatic heterocycles. The van der Waals surface area contributed by atoms with E-state index in [1.54, 1.807) is 12.1 Å². The third-order valence-electron chi connectivity index (χ3n) is 1.71. The summed E-state index contributed by atoms with van der Waals surface area (Å²) in [6, 6.07) is 4.46. The first-order valence-corrected chi connectivity index (χ1v) is 4.13. The maximum atomic E-state index is 12.8. The van der Waals surface area contributed by atoms with Crippen LogP contribution in [0.15, 0.2) is 18.2 Å². The summed E-state index contributed by atoms with van der Waals surface area (Å²) in [5.41, 5.74) is 5.81. The molecule has 13 heavy (non-hydrogen) atoms. The largest absolute Gasteiger partial charge is 0.505 e. The molecule has 0 atom stereocenters. The summed E-state index contributed by atoms with van der Waals surface area (Å²) in [5, 5.41) is 12.2. The van der Waals surface area contributed by atoms with Gasteiger partial charge < -0.3 is 16.2 Å². The fraction of sp³-hybridized carbons (Fsp3) is 0.333. The van der Waals surface area contributed by atoms with Crippen LogP contribution in [-0.2, 0) is 6.54 Å². The fourth-order valence-electron chi connectivity index (χ4n) is 1.03. The average Bonchev–Trinajstić information content (AvgIpc) is 2.13. The molecule has 0 aliphatic heterocycles. The van der Waals surface area contributed by atoms with Gasteiger partial charge in [0.2, 0.25) is 0 Å². The van der Waals surface area contributed by atoms with Crippen LogP contribution in [0.5, 0.6) is 5.75 Å². The van der Waals surface area contributed by atoms with Crippen LogP contribution in [-0.4, -0.2) is 18.2 Å². The number of phenols is 1. The summed E-state index contributed by atoms with van der Waals surface area (Å²) in [6.07, 6.45) is 0. The molecule has 0 radical (unpaired) electrons. The molecule has 0 heterocycles. The van der Waals surface area contributed by atoms with E-state index in [1.807, 2.05) is 0 Å². The van der Waals surface area contributed by atoms with Gasteiger partial charge in [-0.3, -0.25) is 0 Å². The predicted octanol–water partition coefficient (Wildman–Crippen LogP) is 0.580. The van der Waals surface area contributed by atoms with Crippen LogP contribution in [0.3, 0.4) is 0 Å². The molecule has 4 heteroatoms. The zero-order valence-corrected chi connectivity index (χ0v) is 7.26. The molecule has 1 aromatic carbocycles. The number of para-hydroxylation sites is 1. The second-order valence-corrected chi connectivity index (χ2v) is 2.71. The molecule has 72 valence electrons. The highest BCUT2D eigenvalue weighted by Gasteiger charge is 2.04. The Hall–Kier alpha value is -1.13. The highest BCUT2D eigenvalue weighted by Crippen LogP contribution is 2.19. The lowest BCUT2D eigenvalue weighted by molar-refractivity contribution is 0.423. The van der Waals surface area contributed by atoms with E-state index in [1.165, 1.54) is 6.07 Å². The van der Waals surface area contributed by atoms with E-state index in [4.69, 9.17) is 5.73 Å². The predicted molar refractivity (Wildman–Crippen MR) is 48.8 cm³/mol. The van der Waals surface area contributed by atoms with Crippen LogP contribution in [0, 0.1) is 5.82 Å². The Morgan fingerprint density at radius 3 is 2.92 bits per heavy atom. The minimum atomic E-state index is -0.591. The Bertz CT molecular complexity index is 278. The zero-order valence-electron chi connectivity index (χ0n) is 7.26. The SMILES string of the molecule is NCCNCc1cccc(F)c1O. The van der Waals surface area contributed by atoms with Crippen LogP contribution >= 0.6 is 0 Å². The number of nitrogens with two attached hydrogens (primary N) is 1. The third-order valence-corrected chi connectivity index (χ3v) is 1.71. The molecule has 0 saturated heterocycles. The van der Waals surface area contributed by atoms with Crippen LogP contribution in [0.2, 0.25) is 0 Å². The quantitative estimate of drug-likeness (QED) is 0.600. The van der Waals surface area contributed by atoms with E-state index in [9.17, 15) is 9.50 Å². The standard InChI is InChI=1S/C9H13FN2O/c10-8-3-1-2-7(9(8)13)6-12-5-4-11/h1-3,12-13H,4-6,11H2. The van der Waals surface area contributed by atoms with Crippen molar-refractivity contribution in [3.63, 3.8) is 0 Å². The van der Waals surface area contributed by atoms with E-state index >= 15 is 0 Å². The van der Waals surface area contributed by atoms with Crippen molar-refractivity contribution in [2.75, 3.05) is 13.1 Å². The minimum absolute atomic E-state index is 0.285. The lowest BCUT2D eigenvalue weighted by Crippen LogP contribution is -2.21. The Labute approximate surface area is 76.4 Å². The molecule has 0 aliphatic carbocycles. The van der Waals surface area contributed by atoms with E-state index in [2.05, 4.69) is 5.32 Å². The molecule has 4 N–H and O–H groups in total. The Morgan fingerprint density at radius 2 is 2.23 bits per heavy atom. The molecule has 1 rings (SSSR count).